The van der Waals surface area contributed by atoms with E-state index in [1.54, 1.807) is 6.20 Å². The summed E-state index contributed by atoms with van der Waals surface area (Å²) in [6, 6.07) is 0. The fraction of sp³-hybridized carbons (Fsp3) is 0.400. The number of esters is 1. The average molecular weight is 195 g/mol. The maximum absolute atomic E-state index is 11.4. The summed E-state index contributed by atoms with van der Waals surface area (Å²) in [6.07, 6.45) is 1.67. The van der Waals surface area contributed by atoms with Gasteiger partial charge in [0.05, 0.1) is 14.2 Å². The summed E-state index contributed by atoms with van der Waals surface area (Å²) >= 11 is 0. The van der Waals surface area contributed by atoms with Gasteiger partial charge in [-0.2, -0.15) is 0 Å². The monoisotopic (exact) mass is 195 g/mol. The number of aryl methyl sites for hydroxylation is 1. The number of aromatic nitrogens is 1. The van der Waals surface area contributed by atoms with Crippen molar-refractivity contribution in [2.45, 2.75) is 13.8 Å². The molecule has 0 atom stereocenters. The Morgan fingerprint density at radius 1 is 1.36 bits per heavy atom. The molecule has 76 valence electrons. The molecule has 0 bridgehead atoms. The minimum absolute atomic E-state index is 0.306. The van der Waals surface area contributed by atoms with E-state index in [9.17, 15) is 4.79 Å². The number of ether oxygens (including phenoxy) is 2. The van der Waals surface area contributed by atoms with Crippen molar-refractivity contribution >= 4 is 5.97 Å². The Hall–Kier alpha value is -1.58. The summed E-state index contributed by atoms with van der Waals surface area (Å²) in [4.78, 5) is 15.4. The smallest absolute Gasteiger partial charge is 0.343 e. The molecule has 0 unspecified atom stereocenters. The van der Waals surface area contributed by atoms with E-state index in [2.05, 4.69) is 9.72 Å². The summed E-state index contributed by atoms with van der Waals surface area (Å²) in [5.41, 5.74) is 2.17. The molecule has 0 spiro atoms. The number of carbonyl (C=O) groups is 1. The third-order valence-corrected chi connectivity index (χ3v) is 2.14. The third kappa shape index (κ3) is 1.69. The van der Waals surface area contributed by atoms with Gasteiger partial charge in [0.1, 0.15) is 5.56 Å². The summed E-state index contributed by atoms with van der Waals surface area (Å²) < 4.78 is 9.65. The zero-order valence-electron chi connectivity index (χ0n) is 8.75. The highest BCUT2D eigenvalue weighted by molar-refractivity contribution is 5.93. The number of hydrogen-bond donors (Lipinski definition) is 0. The Kier molecular flexibility index (Phi) is 3.06. The van der Waals surface area contributed by atoms with E-state index in [0.29, 0.717) is 11.4 Å². The molecule has 4 nitrogen and oxygen atoms in total. The molecule has 1 rings (SSSR count). The minimum Gasteiger partial charge on any atom is -0.480 e. The van der Waals surface area contributed by atoms with Crippen LogP contribution >= 0.6 is 0 Å². The second kappa shape index (κ2) is 4.09. The van der Waals surface area contributed by atoms with Crippen molar-refractivity contribution in [1.82, 2.24) is 4.98 Å². The van der Waals surface area contributed by atoms with Gasteiger partial charge in [-0.25, -0.2) is 9.78 Å². The van der Waals surface area contributed by atoms with Gasteiger partial charge in [-0.15, -0.1) is 0 Å². The van der Waals surface area contributed by atoms with Gasteiger partial charge in [0.2, 0.25) is 5.88 Å². The van der Waals surface area contributed by atoms with Crippen molar-refractivity contribution in [3.8, 4) is 5.88 Å². The number of hydrogen-bond acceptors (Lipinski definition) is 4. The molecule has 0 amide bonds. The van der Waals surface area contributed by atoms with Crippen LogP contribution in [-0.2, 0) is 4.74 Å². The van der Waals surface area contributed by atoms with E-state index in [1.807, 2.05) is 13.8 Å². The van der Waals surface area contributed by atoms with Gasteiger partial charge in [-0.05, 0) is 25.0 Å². The van der Waals surface area contributed by atoms with Crippen LogP contribution in [0.15, 0.2) is 6.20 Å². The van der Waals surface area contributed by atoms with E-state index in [4.69, 9.17) is 4.74 Å². The Balaban J connectivity index is 3.35. The quantitative estimate of drug-likeness (QED) is 0.671. The lowest BCUT2D eigenvalue weighted by atomic mass is 10.1. The van der Waals surface area contributed by atoms with Crippen molar-refractivity contribution in [3.63, 3.8) is 0 Å². The number of pyridine rings is 1. The fourth-order valence-electron chi connectivity index (χ4n) is 1.17. The maximum atomic E-state index is 11.4. The van der Waals surface area contributed by atoms with Crippen molar-refractivity contribution < 1.29 is 14.3 Å². The Bertz CT molecular complexity index is 361. The molecule has 4 heteroatoms. The van der Waals surface area contributed by atoms with E-state index in [1.165, 1.54) is 14.2 Å². The first kappa shape index (κ1) is 10.5. The molecule has 0 fully saturated rings. The van der Waals surface area contributed by atoms with Crippen molar-refractivity contribution in [1.29, 1.82) is 0 Å². The maximum Gasteiger partial charge on any atom is 0.343 e. The van der Waals surface area contributed by atoms with E-state index >= 15 is 0 Å². The number of carbonyl (C=O) groups excluding carboxylic acids is 1. The van der Waals surface area contributed by atoms with Crippen molar-refractivity contribution in [2.24, 2.45) is 0 Å². The molecule has 1 aromatic rings. The van der Waals surface area contributed by atoms with Crippen LogP contribution in [0.2, 0.25) is 0 Å². The summed E-state index contributed by atoms with van der Waals surface area (Å²) in [5.74, 6) is -0.115. The molecule has 0 aromatic carbocycles. The molecular formula is C10H13NO3. The summed E-state index contributed by atoms with van der Waals surface area (Å²) in [7, 11) is 2.81. The standard InChI is InChI=1S/C10H13NO3/c1-6-5-11-9(13-3)8(7(6)2)10(12)14-4/h5H,1-4H3. The molecule has 14 heavy (non-hydrogen) atoms. The zero-order valence-corrected chi connectivity index (χ0v) is 8.75. The normalized spacial score (nSPS) is 9.71. The van der Waals surface area contributed by atoms with Crippen molar-refractivity contribution in [2.75, 3.05) is 14.2 Å². The number of nitrogens with zero attached hydrogens (tertiary/aromatic N) is 1. The lowest BCUT2D eigenvalue weighted by Crippen LogP contribution is -2.09. The summed E-state index contributed by atoms with van der Waals surface area (Å²) in [5, 5.41) is 0. The van der Waals surface area contributed by atoms with Crippen LogP contribution in [0.4, 0.5) is 0 Å². The molecule has 1 aromatic heterocycles. The predicted molar refractivity (Wildman–Crippen MR) is 51.6 cm³/mol. The van der Waals surface area contributed by atoms with Gasteiger partial charge in [-0.1, -0.05) is 0 Å². The molecule has 0 aliphatic carbocycles. The predicted octanol–water partition coefficient (Wildman–Crippen LogP) is 1.49. The van der Waals surface area contributed by atoms with Crippen LogP contribution in [0.3, 0.4) is 0 Å². The molecule has 0 saturated heterocycles. The minimum atomic E-state index is -0.421. The largest absolute Gasteiger partial charge is 0.480 e. The highest BCUT2D eigenvalue weighted by atomic mass is 16.5. The highest BCUT2D eigenvalue weighted by Gasteiger charge is 2.18. The van der Waals surface area contributed by atoms with E-state index < -0.39 is 5.97 Å². The van der Waals surface area contributed by atoms with Crippen LogP contribution < -0.4 is 4.74 Å². The average Bonchev–Trinajstić information content (AvgIpc) is 2.20. The van der Waals surface area contributed by atoms with Gasteiger partial charge in [0.25, 0.3) is 0 Å². The molecule has 0 aliphatic heterocycles. The molecule has 0 N–H and O–H groups in total. The molecule has 1 heterocycles. The van der Waals surface area contributed by atoms with Gasteiger partial charge in [-0.3, -0.25) is 0 Å². The molecular weight excluding hydrogens is 182 g/mol. The number of methoxy groups -OCH3 is 2. The second-order valence-corrected chi connectivity index (χ2v) is 2.94. The topological polar surface area (TPSA) is 48.4 Å². The first-order chi connectivity index (χ1) is 6.61. The SMILES string of the molecule is COC(=O)c1c(OC)ncc(C)c1C. The third-order valence-electron chi connectivity index (χ3n) is 2.14. The Morgan fingerprint density at radius 3 is 2.50 bits per heavy atom. The zero-order chi connectivity index (χ0) is 10.7. The lowest BCUT2D eigenvalue weighted by Gasteiger charge is -2.10. The lowest BCUT2D eigenvalue weighted by molar-refractivity contribution is 0.0595. The van der Waals surface area contributed by atoms with Crippen LogP contribution in [0.1, 0.15) is 21.5 Å². The fourth-order valence-corrected chi connectivity index (χ4v) is 1.17. The molecule has 0 saturated carbocycles. The van der Waals surface area contributed by atoms with Crippen molar-refractivity contribution in [3.05, 3.63) is 22.9 Å². The van der Waals surface area contributed by atoms with Crippen LogP contribution in [0, 0.1) is 13.8 Å². The van der Waals surface area contributed by atoms with Crippen LogP contribution in [0.5, 0.6) is 5.88 Å². The van der Waals surface area contributed by atoms with Gasteiger partial charge >= 0.3 is 5.97 Å². The Morgan fingerprint density at radius 2 is 2.00 bits per heavy atom. The summed E-state index contributed by atoms with van der Waals surface area (Å²) in [6.45, 7) is 3.72. The van der Waals surface area contributed by atoms with Gasteiger partial charge in [0.15, 0.2) is 0 Å². The molecule has 0 aliphatic rings. The number of rotatable bonds is 2. The van der Waals surface area contributed by atoms with Crippen LogP contribution in [-0.4, -0.2) is 25.2 Å². The van der Waals surface area contributed by atoms with Gasteiger partial charge in [0, 0.05) is 6.20 Å². The first-order valence-electron chi connectivity index (χ1n) is 4.20. The second-order valence-electron chi connectivity index (χ2n) is 2.94. The van der Waals surface area contributed by atoms with Gasteiger partial charge < -0.3 is 9.47 Å². The van der Waals surface area contributed by atoms with E-state index in [-0.39, 0.29) is 0 Å². The van der Waals surface area contributed by atoms with Crippen LogP contribution in [0.25, 0.3) is 0 Å². The molecule has 0 radical (unpaired) electrons. The Labute approximate surface area is 82.9 Å². The first-order valence-corrected chi connectivity index (χ1v) is 4.20. The van der Waals surface area contributed by atoms with E-state index in [0.717, 1.165) is 11.1 Å². The highest BCUT2D eigenvalue weighted by Crippen LogP contribution is 2.22.